The molecule has 3 nitrogen and oxygen atoms in total. The number of benzene rings is 2. The first-order chi connectivity index (χ1) is 15.1. The van der Waals surface area contributed by atoms with E-state index in [4.69, 9.17) is 11.6 Å². The van der Waals surface area contributed by atoms with E-state index >= 15 is 0 Å². The molecule has 0 N–H and O–H groups in total. The van der Waals surface area contributed by atoms with Crippen LogP contribution in [0.4, 0.5) is 5.69 Å². The van der Waals surface area contributed by atoms with Crippen LogP contribution in [-0.4, -0.2) is 17.2 Å². The number of thiophene rings is 1. The monoisotopic (exact) mass is 461 g/mol. The van der Waals surface area contributed by atoms with Crippen molar-refractivity contribution in [3.63, 3.8) is 0 Å². The van der Waals surface area contributed by atoms with Gasteiger partial charge in [0.2, 0.25) is 0 Å². The molecule has 0 fully saturated rings. The summed E-state index contributed by atoms with van der Waals surface area (Å²) in [6, 6.07) is 15.9. The number of halogens is 1. The van der Waals surface area contributed by atoms with Crippen LogP contribution in [0.5, 0.6) is 0 Å². The Morgan fingerprint density at radius 1 is 1.12 bits per heavy atom. The topological polar surface area (TPSA) is 37.4 Å². The number of carbonyl (C=O) groups excluding carboxylic acids is 2. The number of rotatable bonds is 3. The van der Waals surface area contributed by atoms with Crippen LogP contribution in [0.2, 0.25) is 5.02 Å². The zero-order valence-corrected chi connectivity index (χ0v) is 20.1. The fourth-order valence-electron chi connectivity index (χ4n) is 5.44. The Kier molecular flexibility index (Phi) is 4.74. The first kappa shape index (κ1) is 21.2. The smallest absolute Gasteiger partial charge is 0.259 e. The summed E-state index contributed by atoms with van der Waals surface area (Å²) in [5, 5.41) is 2.58. The summed E-state index contributed by atoms with van der Waals surface area (Å²) in [4.78, 5) is 29.1. The maximum atomic E-state index is 13.7. The van der Waals surface area contributed by atoms with Gasteiger partial charge >= 0.3 is 0 Å². The standard InChI is InChI=1S/C27H24ClNO2S/c1-16-12-19-20(14-22(30)23-6-5-11-32-23)25(31)29-24(19)21(13-16)27(4,15-26(29,2)3)17-7-9-18(28)10-8-17/h5-14H,15H2,1-4H3. The molecule has 5 rings (SSSR count). The summed E-state index contributed by atoms with van der Waals surface area (Å²) in [6.45, 7) is 8.50. The highest BCUT2D eigenvalue weighted by atomic mass is 35.5. The van der Waals surface area contributed by atoms with Gasteiger partial charge < -0.3 is 4.90 Å². The lowest BCUT2D eigenvalue weighted by molar-refractivity contribution is -0.114. The van der Waals surface area contributed by atoms with Gasteiger partial charge in [-0.15, -0.1) is 11.3 Å². The third kappa shape index (κ3) is 3.08. The summed E-state index contributed by atoms with van der Waals surface area (Å²) in [5.41, 5.74) is 4.90. The molecule has 1 atom stereocenters. The SMILES string of the molecule is Cc1cc2c3c(c1)C(C)(c1ccc(Cl)cc1)CC(C)(C)N3C(=O)C2=CC(=O)c1cccs1. The van der Waals surface area contributed by atoms with E-state index in [9.17, 15) is 9.59 Å². The van der Waals surface area contributed by atoms with E-state index in [1.807, 2.05) is 41.5 Å². The fourth-order valence-corrected chi connectivity index (χ4v) is 6.20. The van der Waals surface area contributed by atoms with Crippen molar-refractivity contribution in [1.29, 1.82) is 0 Å². The van der Waals surface area contributed by atoms with Gasteiger partial charge in [0.05, 0.1) is 16.1 Å². The van der Waals surface area contributed by atoms with Crippen molar-refractivity contribution in [2.75, 3.05) is 4.90 Å². The van der Waals surface area contributed by atoms with Gasteiger partial charge in [0, 0.05) is 27.6 Å². The number of hydrogen-bond acceptors (Lipinski definition) is 3. The largest absolute Gasteiger partial charge is 0.302 e. The summed E-state index contributed by atoms with van der Waals surface area (Å²) >= 11 is 7.56. The van der Waals surface area contributed by atoms with Gasteiger partial charge in [-0.25, -0.2) is 0 Å². The Labute approximate surface area is 197 Å². The van der Waals surface area contributed by atoms with Gasteiger partial charge in [0.25, 0.3) is 5.91 Å². The van der Waals surface area contributed by atoms with Crippen molar-refractivity contribution in [1.82, 2.24) is 0 Å². The van der Waals surface area contributed by atoms with Crippen molar-refractivity contribution >= 4 is 45.9 Å². The molecule has 0 aliphatic carbocycles. The van der Waals surface area contributed by atoms with Crippen molar-refractivity contribution < 1.29 is 9.59 Å². The average Bonchev–Trinajstić information content (AvgIpc) is 3.35. The third-order valence-electron chi connectivity index (χ3n) is 6.71. The molecular weight excluding hydrogens is 438 g/mol. The van der Waals surface area contributed by atoms with Crippen LogP contribution in [0.3, 0.4) is 0 Å². The van der Waals surface area contributed by atoms with Gasteiger partial charge in [-0.2, -0.15) is 0 Å². The fraction of sp³-hybridized carbons (Fsp3) is 0.259. The third-order valence-corrected chi connectivity index (χ3v) is 7.84. The van der Waals surface area contributed by atoms with E-state index < -0.39 is 5.54 Å². The van der Waals surface area contributed by atoms with Crippen molar-refractivity contribution in [3.8, 4) is 0 Å². The Morgan fingerprint density at radius 2 is 1.84 bits per heavy atom. The molecule has 1 amide bonds. The maximum absolute atomic E-state index is 13.7. The molecule has 162 valence electrons. The second kappa shape index (κ2) is 7.16. The molecule has 1 aromatic heterocycles. The zero-order chi connectivity index (χ0) is 22.8. The number of ketones is 1. The van der Waals surface area contributed by atoms with Gasteiger partial charge in [-0.1, -0.05) is 48.4 Å². The molecule has 0 spiro atoms. The number of nitrogens with zero attached hydrogens (tertiary/aromatic N) is 1. The van der Waals surface area contributed by atoms with Gasteiger partial charge in [0.1, 0.15) is 0 Å². The normalized spacial score (nSPS) is 22.3. The molecule has 32 heavy (non-hydrogen) atoms. The summed E-state index contributed by atoms with van der Waals surface area (Å²) < 4.78 is 0. The Morgan fingerprint density at radius 3 is 2.50 bits per heavy atom. The Balaban J connectivity index is 1.76. The molecule has 0 saturated heterocycles. The maximum Gasteiger partial charge on any atom is 0.259 e. The van der Waals surface area contributed by atoms with Crippen LogP contribution < -0.4 is 4.90 Å². The summed E-state index contributed by atoms with van der Waals surface area (Å²) in [5.74, 6) is -0.225. The van der Waals surface area contributed by atoms with Crippen molar-refractivity contribution in [3.05, 3.63) is 92.1 Å². The Bertz CT molecular complexity index is 1290. The molecule has 2 aliphatic heterocycles. The van der Waals surface area contributed by atoms with Crippen LogP contribution in [0, 0.1) is 6.92 Å². The van der Waals surface area contributed by atoms with E-state index in [0.717, 1.165) is 28.8 Å². The van der Waals surface area contributed by atoms with Crippen LogP contribution in [0.25, 0.3) is 5.57 Å². The number of hydrogen-bond donors (Lipinski definition) is 0. The molecule has 2 aromatic carbocycles. The lowest BCUT2D eigenvalue weighted by Crippen LogP contribution is -2.54. The van der Waals surface area contributed by atoms with E-state index in [1.165, 1.54) is 23.0 Å². The molecule has 1 unspecified atom stereocenters. The van der Waals surface area contributed by atoms with E-state index in [2.05, 4.69) is 39.0 Å². The van der Waals surface area contributed by atoms with Gasteiger partial charge in [0.15, 0.2) is 5.78 Å². The van der Waals surface area contributed by atoms with Crippen molar-refractivity contribution in [2.24, 2.45) is 0 Å². The van der Waals surface area contributed by atoms with E-state index in [1.54, 1.807) is 6.07 Å². The Hall–Kier alpha value is -2.69. The zero-order valence-electron chi connectivity index (χ0n) is 18.5. The predicted molar refractivity (Wildman–Crippen MR) is 132 cm³/mol. The lowest BCUT2D eigenvalue weighted by Gasteiger charge is -2.50. The first-order valence-corrected chi connectivity index (χ1v) is 11.9. The highest BCUT2D eigenvalue weighted by Crippen LogP contribution is 2.56. The second-order valence-corrected chi connectivity index (χ2v) is 11.0. The van der Waals surface area contributed by atoms with E-state index in [0.29, 0.717) is 15.5 Å². The molecule has 0 saturated carbocycles. The summed E-state index contributed by atoms with van der Waals surface area (Å²) in [7, 11) is 0. The summed E-state index contributed by atoms with van der Waals surface area (Å²) in [6.07, 6.45) is 2.28. The number of anilines is 1. The van der Waals surface area contributed by atoms with Gasteiger partial charge in [-0.05, 0) is 68.0 Å². The molecular formula is C27H24ClNO2S. The molecule has 2 aliphatic rings. The van der Waals surface area contributed by atoms with Crippen LogP contribution in [0.15, 0.2) is 60.0 Å². The minimum absolute atomic E-state index is 0.0973. The van der Waals surface area contributed by atoms with Crippen molar-refractivity contribution in [2.45, 2.75) is 45.1 Å². The first-order valence-electron chi connectivity index (χ1n) is 10.7. The van der Waals surface area contributed by atoms with E-state index in [-0.39, 0.29) is 17.1 Å². The molecule has 3 aromatic rings. The number of allylic oxidation sites excluding steroid dienone is 1. The highest BCUT2D eigenvalue weighted by Gasteiger charge is 2.52. The molecule has 0 radical (unpaired) electrons. The molecule has 0 bridgehead atoms. The minimum Gasteiger partial charge on any atom is -0.302 e. The molecule has 3 heterocycles. The van der Waals surface area contributed by atoms with Gasteiger partial charge in [-0.3, -0.25) is 9.59 Å². The average molecular weight is 462 g/mol. The second-order valence-electron chi connectivity index (χ2n) is 9.58. The van der Waals surface area contributed by atoms with Crippen LogP contribution in [0.1, 0.15) is 59.1 Å². The minimum atomic E-state index is -0.427. The number of carbonyl (C=O) groups is 2. The van der Waals surface area contributed by atoms with Crippen LogP contribution in [-0.2, 0) is 10.2 Å². The van der Waals surface area contributed by atoms with Crippen LogP contribution >= 0.6 is 22.9 Å². The number of amides is 1. The predicted octanol–water partition coefficient (Wildman–Crippen LogP) is 6.81. The number of aryl methyl sites for hydroxylation is 1. The quantitative estimate of drug-likeness (QED) is 0.317. The molecule has 5 heteroatoms. The lowest BCUT2D eigenvalue weighted by atomic mass is 9.65. The highest BCUT2D eigenvalue weighted by molar-refractivity contribution is 7.12.